The van der Waals surface area contributed by atoms with E-state index in [1.807, 2.05) is 6.21 Å². The molecular weight excluding hydrogens is 288 g/mol. The van der Waals surface area contributed by atoms with Crippen molar-refractivity contribution < 1.29 is 4.79 Å². The van der Waals surface area contributed by atoms with Crippen LogP contribution in [0.5, 0.6) is 0 Å². The van der Waals surface area contributed by atoms with Gasteiger partial charge in [-0.25, -0.2) is 5.43 Å². The van der Waals surface area contributed by atoms with Crippen molar-refractivity contribution >= 4 is 12.1 Å². The van der Waals surface area contributed by atoms with Crippen LogP contribution in [0.4, 0.5) is 0 Å². The zero-order chi connectivity index (χ0) is 15.4. The van der Waals surface area contributed by atoms with Crippen molar-refractivity contribution in [3.8, 4) is 0 Å². The van der Waals surface area contributed by atoms with Crippen LogP contribution in [0.15, 0.2) is 16.8 Å². The molecule has 5 heteroatoms. The van der Waals surface area contributed by atoms with Gasteiger partial charge in [-0.05, 0) is 62.0 Å². The molecule has 4 fully saturated rings. The van der Waals surface area contributed by atoms with Gasteiger partial charge in [0.25, 0.3) is 0 Å². The molecule has 0 aromatic carbocycles. The molecule has 5 nitrogen and oxygen atoms in total. The second-order valence-electron chi connectivity index (χ2n) is 7.97. The zero-order valence-electron chi connectivity index (χ0n) is 13.6. The maximum absolute atomic E-state index is 13.2. The van der Waals surface area contributed by atoms with Crippen molar-refractivity contribution in [2.45, 2.75) is 69.5 Å². The highest BCUT2D eigenvalue weighted by Gasteiger charge is 2.54. The summed E-state index contributed by atoms with van der Waals surface area (Å²) in [5.74, 6) is 1.63. The third-order valence-electron chi connectivity index (χ3n) is 6.93. The number of hydrazone groups is 1. The number of carbonyl (C=O) groups excluding carboxylic acids is 1. The van der Waals surface area contributed by atoms with Gasteiger partial charge >= 0.3 is 0 Å². The Morgan fingerprint density at radius 3 is 2.87 bits per heavy atom. The summed E-state index contributed by atoms with van der Waals surface area (Å²) in [6.45, 7) is 0. The number of allylic oxidation sites excluding steroid dienone is 1. The fourth-order valence-electron chi connectivity index (χ4n) is 5.90. The molecule has 23 heavy (non-hydrogen) atoms. The van der Waals surface area contributed by atoms with Gasteiger partial charge in [-0.3, -0.25) is 9.80 Å². The van der Waals surface area contributed by atoms with E-state index in [1.165, 1.54) is 44.1 Å². The van der Waals surface area contributed by atoms with Crippen LogP contribution in [0.25, 0.3) is 0 Å². The van der Waals surface area contributed by atoms with Crippen LogP contribution < -0.4 is 10.9 Å². The number of hydrazine groups is 1. The molecule has 2 N–H and O–H groups in total. The first-order valence-electron chi connectivity index (χ1n) is 9.40. The summed E-state index contributed by atoms with van der Waals surface area (Å²) >= 11 is 0. The van der Waals surface area contributed by atoms with Crippen LogP contribution in [0.1, 0.15) is 51.4 Å². The first kappa shape index (κ1) is 14.0. The number of rotatable bonds is 1. The molecule has 3 aliphatic carbocycles. The number of carbonyl (C=O) groups is 1. The summed E-state index contributed by atoms with van der Waals surface area (Å²) in [5, 5.41) is 6.35. The summed E-state index contributed by atoms with van der Waals surface area (Å²) in [5.41, 5.74) is 8.47. The zero-order valence-corrected chi connectivity index (χ0v) is 13.6. The van der Waals surface area contributed by atoms with Crippen LogP contribution in [0, 0.1) is 17.8 Å². The number of nitrogens with one attached hydrogen (secondary N) is 2. The smallest absolute Gasteiger partial charge is 0.240 e. The third-order valence-corrected chi connectivity index (χ3v) is 6.93. The monoisotopic (exact) mass is 314 g/mol. The molecule has 5 unspecified atom stereocenters. The van der Waals surface area contributed by atoms with Gasteiger partial charge in [-0.1, -0.05) is 12.8 Å². The highest BCUT2D eigenvalue weighted by Crippen LogP contribution is 2.49. The molecule has 0 radical (unpaired) electrons. The van der Waals surface area contributed by atoms with Crippen molar-refractivity contribution in [3.63, 3.8) is 0 Å². The Labute approximate surface area is 137 Å². The van der Waals surface area contributed by atoms with E-state index in [-0.39, 0.29) is 5.92 Å². The Morgan fingerprint density at radius 1 is 1.13 bits per heavy atom. The lowest BCUT2D eigenvalue weighted by atomic mass is 9.77. The van der Waals surface area contributed by atoms with Gasteiger partial charge in [0.05, 0.1) is 6.04 Å². The predicted molar refractivity (Wildman–Crippen MR) is 88.5 cm³/mol. The summed E-state index contributed by atoms with van der Waals surface area (Å²) in [4.78, 5) is 13.2. The van der Waals surface area contributed by atoms with E-state index in [0.29, 0.717) is 35.9 Å². The number of nitrogens with zero attached hydrogens (tertiary/aromatic N) is 2. The van der Waals surface area contributed by atoms with E-state index in [1.54, 1.807) is 0 Å². The predicted octanol–water partition coefficient (Wildman–Crippen LogP) is 1.96. The number of fused-ring (bicyclic) bond motifs is 2. The van der Waals surface area contributed by atoms with Gasteiger partial charge in [0.1, 0.15) is 0 Å². The Bertz CT molecular complexity index is 565. The highest BCUT2D eigenvalue weighted by molar-refractivity contribution is 5.80. The molecule has 2 aliphatic heterocycles. The molecule has 2 heterocycles. The van der Waals surface area contributed by atoms with Crippen LogP contribution in [-0.2, 0) is 4.79 Å². The van der Waals surface area contributed by atoms with E-state index >= 15 is 0 Å². The van der Waals surface area contributed by atoms with E-state index in [9.17, 15) is 4.79 Å². The lowest BCUT2D eigenvalue weighted by Crippen LogP contribution is -2.63. The Hall–Kier alpha value is -1.36. The minimum Gasteiger partial charge on any atom is -0.303 e. The Morgan fingerprint density at radius 2 is 2.00 bits per heavy atom. The molecule has 3 saturated carbocycles. The molecule has 0 spiro atoms. The van der Waals surface area contributed by atoms with Crippen LogP contribution in [-0.4, -0.2) is 35.3 Å². The van der Waals surface area contributed by atoms with Crippen molar-refractivity contribution in [1.29, 1.82) is 0 Å². The number of amides is 1. The fraction of sp³-hybridized carbons (Fsp3) is 0.778. The summed E-state index contributed by atoms with van der Waals surface area (Å²) in [7, 11) is 0. The molecule has 5 aliphatic rings. The molecule has 0 aromatic rings. The fourth-order valence-corrected chi connectivity index (χ4v) is 5.90. The number of hydrogen-bond acceptors (Lipinski definition) is 4. The lowest BCUT2D eigenvalue weighted by Gasteiger charge is -2.45. The van der Waals surface area contributed by atoms with Crippen LogP contribution >= 0.6 is 0 Å². The average molecular weight is 314 g/mol. The summed E-state index contributed by atoms with van der Waals surface area (Å²) in [6.07, 6.45) is 13.4. The van der Waals surface area contributed by atoms with Gasteiger partial charge in [0.2, 0.25) is 5.91 Å². The largest absolute Gasteiger partial charge is 0.303 e. The third kappa shape index (κ3) is 2.09. The first-order valence-corrected chi connectivity index (χ1v) is 9.40. The molecule has 0 aromatic heterocycles. The Kier molecular flexibility index (Phi) is 3.25. The normalized spacial score (nSPS) is 42.8. The second kappa shape index (κ2) is 5.33. The van der Waals surface area contributed by atoms with Gasteiger partial charge in [-0.15, -0.1) is 0 Å². The molecule has 5 rings (SSSR count). The average Bonchev–Trinajstić information content (AvgIpc) is 3.20. The van der Waals surface area contributed by atoms with E-state index in [2.05, 4.69) is 27.0 Å². The lowest BCUT2D eigenvalue weighted by molar-refractivity contribution is -0.152. The van der Waals surface area contributed by atoms with Crippen LogP contribution in [0.2, 0.25) is 0 Å². The van der Waals surface area contributed by atoms with Crippen molar-refractivity contribution in [3.05, 3.63) is 11.6 Å². The van der Waals surface area contributed by atoms with Gasteiger partial charge < -0.3 is 5.43 Å². The van der Waals surface area contributed by atoms with Crippen molar-refractivity contribution in [1.82, 2.24) is 15.9 Å². The molecule has 5 atom stereocenters. The van der Waals surface area contributed by atoms with E-state index in [4.69, 9.17) is 0 Å². The van der Waals surface area contributed by atoms with E-state index in [0.717, 1.165) is 12.8 Å². The maximum Gasteiger partial charge on any atom is 0.240 e. The quantitative estimate of drug-likeness (QED) is 0.778. The SMILES string of the molecule is O=C1C2CCC3=CC=NNC3C3CCC(NN1C1CCCC1)C23. The van der Waals surface area contributed by atoms with Crippen LogP contribution in [0.3, 0.4) is 0 Å². The topological polar surface area (TPSA) is 56.7 Å². The van der Waals surface area contributed by atoms with Crippen molar-refractivity contribution in [2.75, 3.05) is 0 Å². The van der Waals surface area contributed by atoms with Gasteiger partial charge in [0.15, 0.2) is 0 Å². The highest BCUT2D eigenvalue weighted by atomic mass is 16.2. The second-order valence-corrected chi connectivity index (χ2v) is 7.97. The molecule has 1 amide bonds. The number of hydrogen-bond donors (Lipinski definition) is 2. The van der Waals surface area contributed by atoms with Gasteiger partial charge in [0, 0.05) is 24.2 Å². The minimum absolute atomic E-state index is 0.211. The molecule has 124 valence electrons. The Balaban J connectivity index is 1.46. The standard InChI is InChI=1S/C18H26N4O/c23-18-14-6-5-11-9-10-19-20-17(11)13-7-8-15(16(13)14)21-22(18)12-3-1-2-4-12/h9-10,12-17,20-21H,1-8H2. The molecule has 1 saturated heterocycles. The van der Waals surface area contributed by atoms with E-state index < -0.39 is 0 Å². The van der Waals surface area contributed by atoms with Gasteiger partial charge in [-0.2, -0.15) is 5.10 Å². The summed E-state index contributed by atoms with van der Waals surface area (Å²) in [6, 6.07) is 1.27. The first-order chi connectivity index (χ1) is 11.3. The summed E-state index contributed by atoms with van der Waals surface area (Å²) < 4.78 is 0. The van der Waals surface area contributed by atoms with Crippen molar-refractivity contribution in [2.24, 2.45) is 22.9 Å². The maximum atomic E-state index is 13.2. The molecular formula is C18H26N4O. The minimum atomic E-state index is 0.211. The molecule has 0 bridgehead atoms.